The minimum absolute atomic E-state index is 0.380. The lowest BCUT2D eigenvalue weighted by molar-refractivity contribution is -0.137. The SMILES string of the molecule is O=C(Nc1ccc(-c2c[nH]c(Cl)c2)cc1)Nc1cc(C(F)(F)F)ccc1F. The van der Waals surface area contributed by atoms with E-state index in [9.17, 15) is 22.4 Å². The molecule has 140 valence electrons. The maximum atomic E-state index is 13.7. The number of rotatable bonds is 3. The highest BCUT2D eigenvalue weighted by atomic mass is 35.5. The summed E-state index contributed by atoms with van der Waals surface area (Å²) in [5.41, 5.74) is 0.440. The predicted octanol–water partition coefficient (Wildman–Crippen LogP) is 6.14. The van der Waals surface area contributed by atoms with E-state index in [4.69, 9.17) is 11.6 Å². The summed E-state index contributed by atoms with van der Waals surface area (Å²) in [7, 11) is 0. The number of urea groups is 1. The van der Waals surface area contributed by atoms with Crippen LogP contribution in [0.15, 0.2) is 54.7 Å². The van der Waals surface area contributed by atoms with Crippen molar-refractivity contribution in [1.29, 1.82) is 0 Å². The summed E-state index contributed by atoms with van der Waals surface area (Å²) in [6.07, 6.45) is -2.93. The molecule has 1 aromatic heterocycles. The number of H-pyrrole nitrogens is 1. The van der Waals surface area contributed by atoms with E-state index >= 15 is 0 Å². The number of aromatic amines is 1. The van der Waals surface area contributed by atoms with Crippen LogP contribution in [0.25, 0.3) is 11.1 Å². The molecule has 4 nitrogen and oxygen atoms in total. The maximum Gasteiger partial charge on any atom is 0.416 e. The van der Waals surface area contributed by atoms with Gasteiger partial charge in [0.25, 0.3) is 0 Å². The molecule has 0 radical (unpaired) electrons. The number of hydrogen-bond donors (Lipinski definition) is 3. The van der Waals surface area contributed by atoms with Crippen molar-refractivity contribution < 1.29 is 22.4 Å². The number of hydrogen-bond acceptors (Lipinski definition) is 1. The van der Waals surface area contributed by atoms with Gasteiger partial charge in [-0.3, -0.25) is 0 Å². The van der Waals surface area contributed by atoms with Crippen LogP contribution in [0.4, 0.5) is 33.7 Å². The Labute approximate surface area is 156 Å². The molecule has 3 N–H and O–H groups in total. The van der Waals surface area contributed by atoms with Crippen molar-refractivity contribution in [1.82, 2.24) is 4.98 Å². The first kappa shape index (κ1) is 18.8. The van der Waals surface area contributed by atoms with Gasteiger partial charge in [0.05, 0.1) is 11.3 Å². The number of alkyl halides is 3. The molecule has 0 spiro atoms. The van der Waals surface area contributed by atoms with Crippen LogP contribution in [-0.4, -0.2) is 11.0 Å². The molecule has 3 rings (SSSR count). The number of anilines is 2. The molecule has 0 aliphatic heterocycles. The molecule has 0 bridgehead atoms. The first-order chi connectivity index (χ1) is 12.7. The number of carbonyl (C=O) groups is 1. The van der Waals surface area contributed by atoms with Crippen LogP contribution in [-0.2, 0) is 6.18 Å². The first-order valence-corrected chi connectivity index (χ1v) is 7.99. The van der Waals surface area contributed by atoms with Crippen LogP contribution >= 0.6 is 11.6 Å². The molecule has 2 amide bonds. The van der Waals surface area contributed by atoms with Gasteiger partial charge in [-0.05, 0) is 42.0 Å². The smallest absolute Gasteiger partial charge is 0.352 e. The van der Waals surface area contributed by atoms with Gasteiger partial charge in [0.1, 0.15) is 11.0 Å². The molecule has 1 heterocycles. The summed E-state index contributed by atoms with van der Waals surface area (Å²) in [6, 6.07) is 9.28. The number of carbonyl (C=O) groups excluding carboxylic acids is 1. The summed E-state index contributed by atoms with van der Waals surface area (Å²) >= 11 is 5.82. The molecule has 27 heavy (non-hydrogen) atoms. The van der Waals surface area contributed by atoms with Crippen molar-refractivity contribution in [2.75, 3.05) is 10.6 Å². The fourth-order valence-corrected chi connectivity index (χ4v) is 2.53. The summed E-state index contributed by atoms with van der Waals surface area (Å²) in [4.78, 5) is 14.8. The highest BCUT2D eigenvalue weighted by Crippen LogP contribution is 2.32. The standard InChI is InChI=1S/C18H12ClF4N3O/c19-16-7-11(9-24-16)10-1-4-13(5-2-10)25-17(27)26-15-8-12(18(21,22)23)3-6-14(15)20/h1-9,24H,(H2,25,26,27). The lowest BCUT2D eigenvalue weighted by Crippen LogP contribution is -2.20. The van der Waals surface area contributed by atoms with Crippen LogP contribution < -0.4 is 10.6 Å². The van der Waals surface area contributed by atoms with Crippen LogP contribution in [0, 0.1) is 5.82 Å². The molecule has 0 unspecified atom stereocenters. The molecular weight excluding hydrogens is 386 g/mol. The third-order valence-corrected chi connectivity index (χ3v) is 3.88. The lowest BCUT2D eigenvalue weighted by atomic mass is 10.1. The zero-order valence-electron chi connectivity index (χ0n) is 13.5. The Morgan fingerprint density at radius 2 is 1.67 bits per heavy atom. The van der Waals surface area contributed by atoms with Crippen LogP contribution in [0.3, 0.4) is 0 Å². The Morgan fingerprint density at radius 1 is 0.963 bits per heavy atom. The van der Waals surface area contributed by atoms with Gasteiger partial charge >= 0.3 is 12.2 Å². The zero-order chi connectivity index (χ0) is 19.6. The Hall–Kier alpha value is -3.00. The van der Waals surface area contributed by atoms with Gasteiger partial charge in [0.2, 0.25) is 0 Å². The van der Waals surface area contributed by atoms with E-state index in [-0.39, 0.29) is 0 Å². The second-order valence-electron chi connectivity index (χ2n) is 5.59. The van der Waals surface area contributed by atoms with E-state index in [2.05, 4.69) is 15.6 Å². The van der Waals surface area contributed by atoms with Crippen LogP contribution in [0.2, 0.25) is 5.15 Å². The molecule has 2 aromatic carbocycles. The molecule has 0 aliphatic rings. The second-order valence-corrected chi connectivity index (χ2v) is 5.99. The van der Waals surface area contributed by atoms with Gasteiger partial charge in [-0.1, -0.05) is 23.7 Å². The monoisotopic (exact) mass is 397 g/mol. The molecule has 0 aliphatic carbocycles. The quantitative estimate of drug-likeness (QED) is 0.457. The number of amides is 2. The molecule has 0 saturated carbocycles. The first-order valence-electron chi connectivity index (χ1n) is 7.61. The summed E-state index contributed by atoms with van der Waals surface area (Å²) in [5.74, 6) is -0.974. The molecule has 9 heteroatoms. The highest BCUT2D eigenvalue weighted by molar-refractivity contribution is 6.29. The molecule has 0 atom stereocenters. The number of halogens is 5. The Kier molecular flexibility index (Phi) is 5.09. The Bertz CT molecular complexity index is 967. The predicted molar refractivity (Wildman–Crippen MR) is 95.3 cm³/mol. The van der Waals surface area contributed by atoms with Gasteiger partial charge in [0.15, 0.2) is 0 Å². The van der Waals surface area contributed by atoms with Crippen molar-refractivity contribution in [2.45, 2.75) is 6.18 Å². The zero-order valence-corrected chi connectivity index (χ0v) is 14.3. The molecule has 3 aromatic rings. The van der Waals surface area contributed by atoms with Crippen molar-refractivity contribution in [3.63, 3.8) is 0 Å². The fraction of sp³-hybridized carbons (Fsp3) is 0.0556. The van der Waals surface area contributed by atoms with Crippen molar-refractivity contribution in [2.24, 2.45) is 0 Å². The maximum absolute atomic E-state index is 13.7. The Morgan fingerprint density at radius 3 is 2.26 bits per heavy atom. The number of benzene rings is 2. The minimum atomic E-state index is -4.64. The van der Waals surface area contributed by atoms with Gasteiger partial charge in [-0.25, -0.2) is 9.18 Å². The average molecular weight is 398 g/mol. The molecule has 0 saturated heterocycles. The highest BCUT2D eigenvalue weighted by Gasteiger charge is 2.31. The van der Waals surface area contributed by atoms with Crippen LogP contribution in [0.5, 0.6) is 0 Å². The molecule has 0 fully saturated rings. The van der Waals surface area contributed by atoms with Crippen molar-refractivity contribution >= 4 is 29.0 Å². The van der Waals surface area contributed by atoms with Crippen molar-refractivity contribution in [3.8, 4) is 11.1 Å². The fourth-order valence-electron chi connectivity index (χ4n) is 2.36. The average Bonchev–Trinajstić information content (AvgIpc) is 3.03. The van der Waals surface area contributed by atoms with E-state index in [1.807, 2.05) is 0 Å². The summed E-state index contributed by atoms with van der Waals surface area (Å²) in [6.45, 7) is 0. The van der Waals surface area contributed by atoms with E-state index in [1.54, 1.807) is 36.5 Å². The van der Waals surface area contributed by atoms with E-state index < -0.39 is 29.3 Å². The van der Waals surface area contributed by atoms with Gasteiger partial charge in [-0.15, -0.1) is 0 Å². The van der Waals surface area contributed by atoms with E-state index in [0.29, 0.717) is 29.0 Å². The van der Waals surface area contributed by atoms with Gasteiger partial charge < -0.3 is 15.6 Å². The summed E-state index contributed by atoms with van der Waals surface area (Å²) in [5, 5.41) is 4.98. The number of aromatic nitrogens is 1. The normalized spacial score (nSPS) is 11.3. The minimum Gasteiger partial charge on any atom is -0.352 e. The van der Waals surface area contributed by atoms with Gasteiger partial charge in [-0.2, -0.15) is 13.2 Å². The van der Waals surface area contributed by atoms with Crippen LogP contribution in [0.1, 0.15) is 5.56 Å². The summed E-state index contributed by atoms with van der Waals surface area (Å²) < 4.78 is 51.8. The van der Waals surface area contributed by atoms with E-state index in [1.165, 1.54) is 0 Å². The third-order valence-electron chi connectivity index (χ3n) is 3.67. The van der Waals surface area contributed by atoms with E-state index in [0.717, 1.165) is 11.1 Å². The largest absolute Gasteiger partial charge is 0.416 e. The Balaban J connectivity index is 1.69. The van der Waals surface area contributed by atoms with Crippen molar-refractivity contribution in [3.05, 3.63) is 71.3 Å². The lowest BCUT2D eigenvalue weighted by Gasteiger charge is -2.12. The van der Waals surface area contributed by atoms with Gasteiger partial charge in [0, 0.05) is 17.4 Å². The number of nitrogens with one attached hydrogen (secondary N) is 3. The third kappa shape index (κ3) is 4.59. The topological polar surface area (TPSA) is 56.9 Å². The molecular formula is C18H12ClF4N3O. The second kappa shape index (κ2) is 7.32.